The van der Waals surface area contributed by atoms with Gasteiger partial charge in [-0.1, -0.05) is 36.4 Å². The van der Waals surface area contributed by atoms with E-state index >= 15 is 0 Å². The molecule has 2 rings (SSSR count). The lowest BCUT2D eigenvalue weighted by atomic mass is 10.1. The Balaban J connectivity index is 2.17. The van der Waals surface area contributed by atoms with E-state index in [1.807, 2.05) is 30.3 Å². The third kappa shape index (κ3) is 3.77. The van der Waals surface area contributed by atoms with Crippen LogP contribution in [0.5, 0.6) is 0 Å². The molecule has 0 unspecified atom stereocenters. The quantitative estimate of drug-likeness (QED) is 0.839. The summed E-state index contributed by atoms with van der Waals surface area (Å²) in [7, 11) is 0. The number of hydrogen-bond acceptors (Lipinski definition) is 2. The molecular formula is C15H13F3OS. The molecule has 0 radical (unpaired) electrons. The van der Waals surface area contributed by atoms with E-state index in [0.29, 0.717) is 10.6 Å². The van der Waals surface area contributed by atoms with Crippen molar-refractivity contribution < 1.29 is 18.3 Å². The molecule has 0 heterocycles. The Morgan fingerprint density at radius 2 is 1.70 bits per heavy atom. The molecule has 1 N–H and O–H groups in total. The SMILES string of the molecule is OCc1ccc(SCc2ccccc2)cc1C(F)(F)F. The molecule has 20 heavy (non-hydrogen) atoms. The van der Waals surface area contributed by atoms with E-state index in [4.69, 9.17) is 5.11 Å². The number of halogens is 3. The van der Waals surface area contributed by atoms with Crippen LogP contribution in [0.3, 0.4) is 0 Å². The Kier molecular flexibility index (Phi) is 4.73. The van der Waals surface area contributed by atoms with Gasteiger partial charge < -0.3 is 5.11 Å². The van der Waals surface area contributed by atoms with E-state index in [2.05, 4.69) is 0 Å². The average Bonchev–Trinajstić information content (AvgIpc) is 2.45. The first kappa shape index (κ1) is 14.9. The van der Waals surface area contributed by atoms with Gasteiger partial charge in [0, 0.05) is 10.6 Å². The number of aliphatic hydroxyl groups is 1. The molecule has 1 nitrogen and oxygen atoms in total. The molecule has 0 aromatic heterocycles. The summed E-state index contributed by atoms with van der Waals surface area (Å²) in [6, 6.07) is 13.6. The van der Waals surface area contributed by atoms with Gasteiger partial charge in [0.2, 0.25) is 0 Å². The summed E-state index contributed by atoms with van der Waals surface area (Å²) >= 11 is 1.34. The monoisotopic (exact) mass is 298 g/mol. The van der Waals surface area contributed by atoms with E-state index in [0.717, 1.165) is 11.6 Å². The third-order valence-corrected chi connectivity index (χ3v) is 3.87. The van der Waals surface area contributed by atoms with E-state index in [-0.39, 0.29) is 5.56 Å². The molecule has 0 aliphatic rings. The highest BCUT2D eigenvalue weighted by Gasteiger charge is 2.33. The highest BCUT2D eigenvalue weighted by Crippen LogP contribution is 2.35. The normalized spacial score (nSPS) is 11.6. The van der Waals surface area contributed by atoms with Crippen molar-refractivity contribution in [2.24, 2.45) is 0 Å². The Hall–Kier alpha value is -1.46. The number of alkyl halides is 3. The van der Waals surface area contributed by atoms with Gasteiger partial charge in [0.15, 0.2) is 0 Å². The fraction of sp³-hybridized carbons (Fsp3) is 0.200. The molecule has 0 saturated carbocycles. The predicted molar refractivity (Wildman–Crippen MR) is 73.4 cm³/mol. The lowest BCUT2D eigenvalue weighted by Gasteiger charge is -2.13. The summed E-state index contributed by atoms with van der Waals surface area (Å²) in [6.45, 7) is -0.613. The van der Waals surface area contributed by atoms with Crippen molar-refractivity contribution in [3.8, 4) is 0 Å². The Bertz CT molecular complexity index is 567. The molecular weight excluding hydrogens is 285 g/mol. The minimum absolute atomic E-state index is 0.0958. The van der Waals surface area contributed by atoms with Gasteiger partial charge in [0.05, 0.1) is 12.2 Å². The maximum absolute atomic E-state index is 12.9. The smallest absolute Gasteiger partial charge is 0.392 e. The molecule has 0 spiro atoms. The molecule has 0 fully saturated rings. The maximum atomic E-state index is 12.9. The van der Waals surface area contributed by atoms with Crippen LogP contribution in [0.15, 0.2) is 53.4 Å². The van der Waals surface area contributed by atoms with Gasteiger partial charge >= 0.3 is 6.18 Å². The minimum atomic E-state index is -4.44. The summed E-state index contributed by atoms with van der Waals surface area (Å²) in [4.78, 5) is 0.540. The fourth-order valence-corrected chi connectivity index (χ4v) is 2.68. The van der Waals surface area contributed by atoms with E-state index in [1.54, 1.807) is 6.07 Å². The van der Waals surface area contributed by atoms with Crippen LogP contribution >= 0.6 is 11.8 Å². The van der Waals surface area contributed by atoms with Crippen molar-refractivity contribution in [1.29, 1.82) is 0 Å². The standard InChI is InChI=1S/C15H13F3OS/c16-15(17,18)14-8-13(7-6-12(14)9-19)20-10-11-4-2-1-3-5-11/h1-8,19H,9-10H2. The number of aliphatic hydroxyl groups excluding tert-OH is 1. The van der Waals surface area contributed by atoms with Crippen molar-refractivity contribution in [1.82, 2.24) is 0 Å². The molecule has 2 aromatic carbocycles. The summed E-state index contributed by atoms with van der Waals surface area (Å²) in [5.41, 5.74) is 0.192. The summed E-state index contributed by atoms with van der Waals surface area (Å²) in [5, 5.41) is 8.97. The molecule has 5 heteroatoms. The number of benzene rings is 2. The van der Waals surface area contributed by atoms with Gasteiger partial charge in [-0.25, -0.2) is 0 Å². The van der Waals surface area contributed by atoms with Crippen LogP contribution in [0.1, 0.15) is 16.7 Å². The first-order chi connectivity index (χ1) is 9.50. The van der Waals surface area contributed by atoms with Crippen LogP contribution in [-0.4, -0.2) is 5.11 Å². The van der Waals surface area contributed by atoms with Crippen LogP contribution < -0.4 is 0 Å². The average molecular weight is 298 g/mol. The second kappa shape index (κ2) is 6.33. The summed E-state index contributed by atoms with van der Waals surface area (Å²) < 4.78 is 38.6. The molecule has 0 saturated heterocycles. The Morgan fingerprint density at radius 1 is 1.00 bits per heavy atom. The Morgan fingerprint density at radius 3 is 2.30 bits per heavy atom. The van der Waals surface area contributed by atoms with Crippen LogP contribution in [0.25, 0.3) is 0 Å². The van der Waals surface area contributed by atoms with Gasteiger partial charge in [-0.3, -0.25) is 0 Å². The molecule has 0 atom stereocenters. The lowest BCUT2D eigenvalue weighted by molar-refractivity contribution is -0.138. The first-order valence-corrected chi connectivity index (χ1v) is 6.97. The van der Waals surface area contributed by atoms with Gasteiger partial charge in [-0.2, -0.15) is 13.2 Å². The topological polar surface area (TPSA) is 20.2 Å². The number of rotatable bonds is 4. The minimum Gasteiger partial charge on any atom is -0.392 e. The van der Waals surface area contributed by atoms with Gasteiger partial charge in [-0.15, -0.1) is 11.8 Å². The fourth-order valence-electron chi connectivity index (χ4n) is 1.79. The van der Waals surface area contributed by atoms with Crippen LogP contribution in [0.4, 0.5) is 13.2 Å². The number of hydrogen-bond donors (Lipinski definition) is 1. The van der Waals surface area contributed by atoms with Gasteiger partial charge in [0.25, 0.3) is 0 Å². The largest absolute Gasteiger partial charge is 0.416 e. The summed E-state index contributed by atoms with van der Waals surface area (Å²) in [5.74, 6) is 0.608. The maximum Gasteiger partial charge on any atom is 0.416 e. The molecule has 2 aromatic rings. The van der Waals surface area contributed by atoms with Crippen LogP contribution in [0, 0.1) is 0 Å². The highest BCUT2D eigenvalue weighted by molar-refractivity contribution is 7.98. The van der Waals surface area contributed by atoms with Crippen molar-refractivity contribution in [3.05, 3.63) is 65.2 Å². The lowest BCUT2D eigenvalue weighted by Crippen LogP contribution is -2.09. The van der Waals surface area contributed by atoms with Crippen LogP contribution in [-0.2, 0) is 18.5 Å². The van der Waals surface area contributed by atoms with E-state index in [9.17, 15) is 13.2 Å². The molecule has 0 amide bonds. The molecule has 0 aliphatic carbocycles. The van der Waals surface area contributed by atoms with Crippen molar-refractivity contribution in [2.45, 2.75) is 23.4 Å². The highest BCUT2D eigenvalue weighted by atomic mass is 32.2. The van der Waals surface area contributed by atoms with E-state index < -0.39 is 18.3 Å². The van der Waals surface area contributed by atoms with Gasteiger partial charge in [0.1, 0.15) is 0 Å². The van der Waals surface area contributed by atoms with Crippen LogP contribution in [0.2, 0.25) is 0 Å². The second-order valence-corrected chi connectivity index (χ2v) is 5.30. The zero-order valence-electron chi connectivity index (χ0n) is 10.5. The predicted octanol–water partition coefficient (Wildman–Crippen LogP) is 4.49. The van der Waals surface area contributed by atoms with Crippen molar-refractivity contribution in [3.63, 3.8) is 0 Å². The van der Waals surface area contributed by atoms with Crippen molar-refractivity contribution >= 4 is 11.8 Å². The first-order valence-electron chi connectivity index (χ1n) is 5.98. The molecule has 0 bridgehead atoms. The number of thioether (sulfide) groups is 1. The molecule has 0 aliphatic heterocycles. The van der Waals surface area contributed by atoms with Gasteiger partial charge in [-0.05, 0) is 23.3 Å². The molecule has 106 valence electrons. The summed E-state index contributed by atoms with van der Waals surface area (Å²) in [6.07, 6.45) is -4.44. The van der Waals surface area contributed by atoms with Crippen molar-refractivity contribution in [2.75, 3.05) is 0 Å². The Labute approximate surface area is 119 Å². The van der Waals surface area contributed by atoms with E-state index in [1.165, 1.54) is 17.8 Å². The zero-order valence-corrected chi connectivity index (χ0v) is 11.3. The second-order valence-electron chi connectivity index (χ2n) is 4.25. The third-order valence-electron chi connectivity index (χ3n) is 2.81. The zero-order chi connectivity index (χ0) is 14.6.